The fraction of sp³-hybridized carbons (Fsp3) is 0.154. The molecule has 5 heteroatoms. The molecule has 1 amide bonds. The third-order valence-corrected chi connectivity index (χ3v) is 5.28. The first-order chi connectivity index (χ1) is 15.0. The van der Waals surface area contributed by atoms with Crippen LogP contribution in [0.15, 0.2) is 83.4 Å². The van der Waals surface area contributed by atoms with E-state index < -0.39 is 5.82 Å². The van der Waals surface area contributed by atoms with Gasteiger partial charge in [-0.1, -0.05) is 53.7 Å². The number of hydrogen-bond donors (Lipinski definition) is 0. The van der Waals surface area contributed by atoms with Crippen LogP contribution in [0.25, 0.3) is 11.3 Å². The van der Waals surface area contributed by atoms with Crippen LogP contribution in [0.4, 0.5) is 4.39 Å². The molecule has 0 saturated carbocycles. The molecule has 1 heterocycles. The van der Waals surface area contributed by atoms with E-state index in [-0.39, 0.29) is 12.5 Å². The number of hydrogen-bond acceptors (Lipinski definition) is 3. The number of benzene rings is 3. The fourth-order valence-corrected chi connectivity index (χ4v) is 3.42. The zero-order valence-corrected chi connectivity index (χ0v) is 17.5. The lowest BCUT2D eigenvalue weighted by Crippen LogP contribution is -2.30. The molecule has 0 N–H and O–H groups in total. The minimum Gasteiger partial charge on any atom is -0.356 e. The van der Waals surface area contributed by atoms with Gasteiger partial charge in [-0.2, -0.15) is 0 Å². The van der Waals surface area contributed by atoms with Crippen LogP contribution in [-0.4, -0.2) is 16.0 Å². The molecule has 4 aromatic rings. The maximum Gasteiger partial charge on any atom is 0.254 e. The smallest absolute Gasteiger partial charge is 0.254 e. The third kappa shape index (κ3) is 4.89. The van der Waals surface area contributed by atoms with Crippen LogP contribution >= 0.6 is 0 Å². The van der Waals surface area contributed by atoms with Crippen molar-refractivity contribution >= 4 is 5.91 Å². The van der Waals surface area contributed by atoms with Gasteiger partial charge in [0.15, 0.2) is 5.76 Å². The van der Waals surface area contributed by atoms with Gasteiger partial charge in [-0.05, 0) is 54.8 Å². The highest BCUT2D eigenvalue weighted by atomic mass is 19.1. The van der Waals surface area contributed by atoms with E-state index in [2.05, 4.69) is 25.1 Å². The zero-order valence-electron chi connectivity index (χ0n) is 17.5. The summed E-state index contributed by atoms with van der Waals surface area (Å²) >= 11 is 0. The van der Waals surface area contributed by atoms with Crippen molar-refractivity contribution in [3.63, 3.8) is 0 Å². The van der Waals surface area contributed by atoms with Crippen molar-refractivity contribution in [2.45, 2.75) is 26.9 Å². The Hall–Kier alpha value is -3.73. The summed E-state index contributed by atoms with van der Waals surface area (Å²) in [5, 5.41) is 4.18. The Balaban J connectivity index is 1.60. The Morgan fingerprint density at radius 3 is 2.45 bits per heavy atom. The summed E-state index contributed by atoms with van der Waals surface area (Å²) in [7, 11) is 0. The lowest BCUT2D eigenvalue weighted by atomic mass is 10.0. The Bertz CT molecular complexity index is 1200. The summed E-state index contributed by atoms with van der Waals surface area (Å²) in [5.41, 5.74) is 5.22. The summed E-state index contributed by atoms with van der Waals surface area (Å²) in [4.78, 5) is 14.8. The first-order valence-corrected chi connectivity index (χ1v) is 10.1. The monoisotopic (exact) mass is 414 g/mol. The molecule has 31 heavy (non-hydrogen) atoms. The Morgan fingerprint density at radius 1 is 0.903 bits per heavy atom. The Kier molecular flexibility index (Phi) is 5.94. The highest BCUT2D eigenvalue weighted by Crippen LogP contribution is 2.24. The zero-order chi connectivity index (χ0) is 21.8. The molecular formula is C26H23FN2O2. The predicted molar refractivity (Wildman–Crippen MR) is 118 cm³/mol. The summed E-state index contributed by atoms with van der Waals surface area (Å²) in [5.74, 6) is -0.0565. The largest absolute Gasteiger partial charge is 0.356 e. The number of halogens is 1. The summed E-state index contributed by atoms with van der Waals surface area (Å²) in [6, 6.07) is 23.4. The van der Waals surface area contributed by atoms with Gasteiger partial charge in [0.25, 0.3) is 5.91 Å². The van der Waals surface area contributed by atoms with Crippen molar-refractivity contribution in [2.75, 3.05) is 0 Å². The molecule has 156 valence electrons. The topological polar surface area (TPSA) is 46.3 Å². The second-order valence-electron chi connectivity index (χ2n) is 7.64. The Morgan fingerprint density at radius 2 is 1.71 bits per heavy atom. The second-order valence-corrected chi connectivity index (χ2v) is 7.64. The molecule has 1 aromatic heterocycles. The number of aromatic nitrogens is 1. The molecule has 0 spiro atoms. The highest BCUT2D eigenvalue weighted by Gasteiger charge is 2.19. The van der Waals surface area contributed by atoms with E-state index in [0.29, 0.717) is 23.6 Å². The van der Waals surface area contributed by atoms with Crippen molar-refractivity contribution < 1.29 is 13.7 Å². The van der Waals surface area contributed by atoms with E-state index in [0.717, 1.165) is 11.1 Å². The van der Waals surface area contributed by atoms with E-state index in [1.807, 2.05) is 48.5 Å². The van der Waals surface area contributed by atoms with Crippen LogP contribution in [0.1, 0.15) is 32.7 Å². The predicted octanol–water partition coefficient (Wildman–Crippen LogP) is 5.94. The lowest BCUT2D eigenvalue weighted by molar-refractivity contribution is 0.0725. The van der Waals surface area contributed by atoms with E-state index >= 15 is 0 Å². The summed E-state index contributed by atoms with van der Waals surface area (Å²) in [6.07, 6.45) is 0. The van der Waals surface area contributed by atoms with Crippen molar-refractivity contribution in [3.8, 4) is 11.3 Å². The number of aryl methyl sites for hydroxylation is 2. The van der Waals surface area contributed by atoms with Gasteiger partial charge >= 0.3 is 0 Å². The number of amides is 1. The van der Waals surface area contributed by atoms with Crippen LogP contribution < -0.4 is 0 Å². The maximum absolute atomic E-state index is 13.7. The van der Waals surface area contributed by atoms with Crippen molar-refractivity contribution in [3.05, 3.63) is 113 Å². The van der Waals surface area contributed by atoms with Gasteiger partial charge in [0.05, 0.1) is 6.54 Å². The molecule has 3 aromatic carbocycles. The van der Waals surface area contributed by atoms with Gasteiger partial charge in [-0.25, -0.2) is 4.39 Å². The standard InChI is InChI=1S/C26H23FN2O2/c1-18-11-12-21(13-19(18)2)25-15-24(28-31-25)17-29(16-20-7-4-3-5-8-20)26(30)22-9-6-10-23(27)14-22/h3-15H,16-17H2,1-2H3. The molecule has 0 aliphatic carbocycles. The molecule has 0 atom stereocenters. The van der Waals surface area contributed by atoms with Gasteiger partial charge in [0.2, 0.25) is 0 Å². The second kappa shape index (κ2) is 8.96. The molecule has 0 saturated heterocycles. The molecule has 0 aliphatic rings. The summed E-state index contributed by atoms with van der Waals surface area (Å²) in [6.45, 7) is 4.74. The van der Waals surface area contributed by atoms with Crippen LogP contribution in [0, 0.1) is 19.7 Å². The normalized spacial score (nSPS) is 10.8. The maximum atomic E-state index is 13.7. The molecule has 0 unspecified atom stereocenters. The minimum atomic E-state index is -0.441. The van der Waals surface area contributed by atoms with Crippen molar-refractivity contribution in [2.24, 2.45) is 0 Å². The van der Waals surface area contributed by atoms with Crippen molar-refractivity contribution in [1.82, 2.24) is 10.1 Å². The summed E-state index contributed by atoms with van der Waals surface area (Å²) < 4.78 is 19.3. The van der Waals surface area contributed by atoms with E-state index in [9.17, 15) is 9.18 Å². The van der Waals surface area contributed by atoms with Crippen LogP contribution in [-0.2, 0) is 13.1 Å². The van der Waals surface area contributed by atoms with E-state index in [1.165, 1.54) is 29.3 Å². The third-order valence-electron chi connectivity index (χ3n) is 5.28. The van der Waals surface area contributed by atoms with E-state index in [1.54, 1.807) is 11.0 Å². The van der Waals surface area contributed by atoms with Crippen molar-refractivity contribution in [1.29, 1.82) is 0 Å². The van der Waals surface area contributed by atoms with Crippen LogP contribution in [0.2, 0.25) is 0 Å². The van der Waals surface area contributed by atoms with Gasteiger partial charge in [-0.3, -0.25) is 4.79 Å². The fourth-order valence-electron chi connectivity index (χ4n) is 3.42. The molecule has 4 rings (SSSR count). The van der Waals surface area contributed by atoms with Gasteiger partial charge in [-0.15, -0.1) is 0 Å². The van der Waals surface area contributed by atoms with E-state index in [4.69, 9.17) is 4.52 Å². The SMILES string of the molecule is Cc1ccc(-c2cc(CN(Cc3ccccc3)C(=O)c3cccc(F)c3)no2)cc1C. The molecule has 0 fully saturated rings. The highest BCUT2D eigenvalue weighted by molar-refractivity contribution is 5.94. The molecular weight excluding hydrogens is 391 g/mol. The average Bonchev–Trinajstić information content (AvgIpc) is 3.24. The lowest BCUT2D eigenvalue weighted by Gasteiger charge is -2.22. The van der Waals surface area contributed by atoms with Gasteiger partial charge in [0, 0.05) is 23.7 Å². The molecule has 4 nitrogen and oxygen atoms in total. The molecule has 0 aliphatic heterocycles. The van der Waals surface area contributed by atoms with Gasteiger partial charge in [0.1, 0.15) is 11.5 Å². The van der Waals surface area contributed by atoms with Crippen LogP contribution in [0.3, 0.4) is 0 Å². The van der Waals surface area contributed by atoms with Crippen LogP contribution in [0.5, 0.6) is 0 Å². The molecule has 0 radical (unpaired) electrons. The number of nitrogens with zero attached hydrogens (tertiary/aromatic N) is 2. The first-order valence-electron chi connectivity index (χ1n) is 10.1. The Labute approximate surface area is 180 Å². The minimum absolute atomic E-state index is 0.249. The average molecular weight is 414 g/mol. The first kappa shape index (κ1) is 20.5. The number of rotatable bonds is 6. The van der Waals surface area contributed by atoms with Gasteiger partial charge < -0.3 is 9.42 Å². The number of carbonyl (C=O) groups excluding carboxylic acids is 1. The quantitative estimate of drug-likeness (QED) is 0.392. The number of carbonyl (C=O) groups is 1. The molecule has 0 bridgehead atoms.